The summed E-state index contributed by atoms with van der Waals surface area (Å²) in [5.74, 6) is 1.07. The molecular formula is C23H37N3S2. The summed E-state index contributed by atoms with van der Waals surface area (Å²) < 4.78 is 0. The molecule has 0 amide bonds. The van der Waals surface area contributed by atoms with E-state index in [9.17, 15) is 0 Å². The molecule has 1 aliphatic rings. The number of benzene rings is 1. The summed E-state index contributed by atoms with van der Waals surface area (Å²) in [5, 5.41) is 6.30. The van der Waals surface area contributed by atoms with Gasteiger partial charge in [0, 0.05) is 16.7 Å². The van der Waals surface area contributed by atoms with Crippen molar-refractivity contribution in [2.24, 2.45) is 5.10 Å². The van der Waals surface area contributed by atoms with Crippen LogP contribution in [-0.4, -0.2) is 17.4 Å². The Morgan fingerprint density at radius 3 is 2.25 bits per heavy atom. The van der Waals surface area contributed by atoms with Gasteiger partial charge < -0.3 is 4.90 Å². The van der Waals surface area contributed by atoms with E-state index in [0.29, 0.717) is 0 Å². The Hall–Kier alpha value is -1.07. The summed E-state index contributed by atoms with van der Waals surface area (Å²) >= 11 is 9.94. The molecule has 0 radical (unpaired) electrons. The fraction of sp³-hybridized carbons (Fsp3) is 0.652. The van der Waals surface area contributed by atoms with Crippen LogP contribution in [0.25, 0.3) is 0 Å². The summed E-state index contributed by atoms with van der Waals surface area (Å²) in [6, 6.07) is 6.26. The second-order valence-electron chi connectivity index (χ2n) is 7.84. The van der Waals surface area contributed by atoms with Crippen molar-refractivity contribution in [2.45, 2.75) is 102 Å². The van der Waals surface area contributed by atoms with Crippen molar-refractivity contribution in [3.05, 3.63) is 23.8 Å². The minimum Gasteiger partial charge on any atom is -0.301 e. The molecule has 5 heteroatoms. The quantitative estimate of drug-likeness (QED) is 0.192. The first-order valence-corrected chi connectivity index (χ1v) is 12.0. The van der Waals surface area contributed by atoms with Crippen LogP contribution in [0.1, 0.15) is 89.5 Å². The zero-order chi connectivity index (χ0) is 20.2. The molecule has 0 saturated carbocycles. The average Bonchev–Trinajstić information content (AvgIpc) is 3.11. The number of anilines is 1. The first-order chi connectivity index (χ1) is 13.7. The maximum atomic E-state index is 5.22. The van der Waals surface area contributed by atoms with Gasteiger partial charge in [-0.3, -0.25) is 5.43 Å². The molecular weight excluding hydrogens is 382 g/mol. The molecule has 2 rings (SSSR count). The lowest BCUT2D eigenvalue weighted by Crippen LogP contribution is -2.41. The second-order valence-corrected chi connectivity index (χ2v) is 8.56. The number of nitrogens with zero attached hydrogens (tertiary/aromatic N) is 2. The molecule has 1 unspecified atom stereocenters. The largest absolute Gasteiger partial charge is 0.301 e. The van der Waals surface area contributed by atoms with Crippen molar-refractivity contribution in [2.75, 3.05) is 4.90 Å². The Morgan fingerprint density at radius 1 is 1.04 bits per heavy atom. The van der Waals surface area contributed by atoms with Gasteiger partial charge in [0.2, 0.25) is 0 Å². The summed E-state index contributed by atoms with van der Waals surface area (Å²) in [6.45, 7) is 4.36. The lowest BCUT2D eigenvalue weighted by atomic mass is 10.0. The Bertz CT molecular complexity index is 630. The van der Waals surface area contributed by atoms with Gasteiger partial charge in [-0.1, -0.05) is 95.5 Å². The highest BCUT2D eigenvalue weighted by atomic mass is 32.1. The van der Waals surface area contributed by atoms with Gasteiger partial charge in [0.15, 0.2) is 0 Å². The summed E-state index contributed by atoms with van der Waals surface area (Å²) in [5.41, 5.74) is 5.42. The smallest absolute Gasteiger partial charge is 0.150 e. The van der Waals surface area contributed by atoms with Crippen LogP contribution < -0.4 is 10.3 Å². The third-order valence-corrected chi connectivity index (χ3v) is 6.33. The molecule has 1 heterocycles. The van der Waals surface area contributed by atoms with Gasteiger partial charge in [0.1, 0.15) is 12.0 Å². The average molecular weight is 420 g/mol. The van der Waals surface area contributed by atoms with Gasteiger partial charge >= 0.3 is 0 Å². The molecule has 0 saturated heterocycles. The number of thiocarbonyl (C=S) groups is 1. The van der Waals surface area contributed by atoms with Crippen molar-refractivity contribution in [1.29, 1.82) is 0 Å². The summed E-state index contributed by atoms with van der Waals surface area (Å²) in [6.07, 6.45) is 15.8. The van der Waals surface area contributed by atoms with Gasteiger partial charge in [-0.2, -0.15) is 5.10 Å². The van der Waals surface area contributed by atoms with E-state index in [1.165, 1.54) is 76.2 Å². The third kappa shape index (κ3) is 7.07. The van der Waals surface area contributed by atoms with Crippen molar-refractivity contribution >= 4 is 41.7 Å². The molecule has 1 aliphatic heterocycles. The lowest BCUT2D eigenvalue weighted by Gasteiger charge is -2.26. The van der Waals surface area contributed by atoms with E-state index in [1.54, 1.807) is 5.37 Å². The number of rotatable bonds is 14. The molecule has 3 nitrogen and oxygen atoms in total. The van der Waals surface area contributed by atoms with Crippen LogP contribution in [0, 0.1) is 6.92 Å². The molecule has 0 aromatic heterocycles. The molecule has 0 aliphatic carbocycles. The molecule has 0 bridgehead atoms. The topological polar surface area (TPSA) is 27.6 Å². The maximum absolute atomic E-state index is 5.22. The predicted molar refractivity (Wildman–Crippen MR) is 130 cm³/mol. The van der Waals surface area contributed by atoms with Crippen LogP contribution in [0.3, 0.4) is 0 Å². The van der Waals surface area contributed by atoms with Crippen molar-refractivity contribution in [1.82, 2.24) is 5.43 Å². The van der Waals surface area contributed by atoms with Crippen LogP contribution in [0.5, 0.6) is 0 Å². The molecule has 0 fully saturated rings. The Labute approximate surface area is 182 Å². The van der Waals surface area contributed by atoms with Crippen molar-refractivity contribution < 1.29 is 0 Å². The highest BCUT2D eigenvalue weighted by Gasteiger charge is 2.28. The maximum Gasteiger partial charge on any atom is 0.150 e. The number of aryl methyl sites for hydroxylation is 1. The number of hydrogen-bond donors (Lipinski definition) is 2. The minimum atomic E-state index is -0.0644. The third-order valence-electron chi connectivity index (χ3n) is 5.49. The number of hydrogen-bond acceptors (Lipinski definition) is 5. The summed E-state index contributed by atoms with van der Waals surface area (Å²) in [7, 11) is 0. The van der Waals surface area contributed by atoms with Crippen LogP contribution in [-0.2, 0) is 0 Å². The Kier molecular flexibility index (Phi) is 10.9. The molecule has 1 N–H and O–H groups in total. The molecule has 1 aromatic carbocycles. The first-order valence-electron chi connectivity index (χ1n) is 11.0. The standard InChI is InChI=1S/C23H37N3S2/c1-3-4-5-6-7-8-9-10-11-12-13-17-21-24-25-22(18-27)26(21)20-16-14-15-19(2)23(20)28/h14-16,18,22,25,28H,3-13,17H2,1-2H3. The highest BCUT2D eigenvalue weighted by Crippen LogP contribution is 2.30. The Morgan fingerprint density at radius 2 is 1.64 bits per heavy atom. The minimum absolute atomic E-state index is 0.0644. The monoisotopic (exact) mass is 419 g/mol. The normalized spacial score (nSPS) is 16.2. The van der Waals surface area contributed by atoms with Gasteiger partial charge in [-0.05, 0) is 25.0 Å². The summed E-state index contributed by atoms with van der Waals surface area (Å²) in [4.78, 5) is 3.21. The number of amidine groups is 1. The van der Waals surface area contributed by atoms with E-state index in [2.05, 4.69) is 47.5 Å². The second kappa shape index (κ2) is 13.2. The molecule has 1 aromatic rings. The molecule has 28 heavy (non-hydrogen) atoms. The zero-order valence-corrected chi connectivity index (χ0v) is 19.3. The number of nitrogens with one attached hydrogen (secondary N) is 1. The van der Waals surface area contributed by atoms with E-state index in [1.807, 2.05) is 0 Å². The van der Waals surface area contributed by atoms with E-state index in [-0.39, 0.29) is 6.17 Å². The van der Waals surface area contributed by atoms with E-state index >= 15 is 0 Å². The van der Waals surface area contributed by atoms with E-state index < -0.39 is 0 Å². The number of unbranched alkanes of at least 4 members (excludes halogenated alkanes) is 10. The number of hydrazone groups is 1. The van der Waals surface area contributed by atoms with E-state index in [0.717, 1.165) is 22.8 Å². The SMILES string of the molecule is CCCCCCCCCCCCCC1=NNC(C=S)N1c1cccc(C)c1S. The van der Waals surface area contributed by atoms with E-state index in [4.69, 9.17) is 24.8 Å². The van der Waals surface area contributed by atoms with Gasteiger partial charge in [-0.25, -0.2) is 0 Å². The number of thiol groups is 1. The van der Waals surface area contributed by atoms with Crippen LogP contribution >= 0.6 is 24.8 Å². The van der Waals surface area contributed by atoms with Gasteiger partial charge in [0.05, 0.1) is 5.69 Å². The van der Waals surface area contributed by atoms with Crippen molar-refractivity contribution in [3.63, 3.8) is 0 Å². The fourth-order valence-corrected chi connectivity index (χ4v) is 4.19. The van der Waals surface area contributed by atoms with Crippen LogP contribution in [0.4, 0.5) is 5.69 Å². The molecule has 0 spiro atoms. The highest BCUT2D eigenvalue weighted by molar-refractivity contribution is 7.80. The zero-order valence-electron chi connectivity index (χ0n) is 17.6. The van der Waals surface area contributed by atoms with Crippen molar-refractivity contribution in [3.8, 4) is 0 Å². The van der Waals surface area contributed by atoms with Crippen LogP contribution in [0.15, 0.2) is 28.2 Å². The van der Waals surface area contributed by atoms with Gasteiger partial charge in [0.25, 0.3) is 0 Å². The van der Waals surface area contributed by atoms with Crippen LogP contribution in [0.2, 0.25) is 0 Å². The van der Waals surface area contributed by atoms with Gasteiger partial charge in [-0.15, -0.1) is 12.6 Å². The predicted octanol–water partition coefficient (Wildman–Crippen LogP) is 7.03. The molecule has 156 valence electrons. The lowest BCUT2D eigenvalue weighted by molar-refractivity contribution is 0.551. The molecule has 1 atom stereocenters. The fourth-order valence-electron chi connectivity index (χ4n) is 3.75. The Balaban J connectivity index is 1.70. The first kappa shape index (κ1) is 23.2.